The molecule has 0 radical (unpaired) electrons. The molecule has 2 aromatic rings. The summed E-state index contributed by atoms with van der Waals surface area (Å²) >= 11 is 0. The highest BCUT2D eigenvalue weighted by atomic mass is 19.1. The van der Waals surface area contributed by atoms with Crippen LogP contribution >= 0.6 is 0 Å². The van der Waals surface area contributed by atoms with Gasteiger partial charge in [-0.05, 0) is 54.5 Å². The molecule has 1 N–H and O–H groups in total. The van der Waals surface area contributed by atoms with Crippen LogP contribution in [0.3, 0.4) is 0 Å². The predicted octanol–water partition coefficient (Wildman–Crippen LogP) is 4.30. The van der Waals surface area contributed by atoms with Crippen LogP contribution in [0.5, 0.6) is 0 Å². The second-order valence-corrected chi connectivity index (χ2v) is 5.61. The van der Waals surface area contributed by atoms with E-state index in [4.69, 9.17) is 0 Å². The van der Waals surface area contributed by atoms with Gasteiger partial charge in [0.2, 0.25) is 0 Å². The van der Waals surface area contributed by atoms with E-state index in [2.05, 4.69) is 29.6 Å². The van der Waals surface area contributed by atoms with E-state index >= 15 is 0 Å². The highest BCUT2D eigenvalue weighted by Crippen LogP contribution is 2.29. The molecule has 0 spiro atoms. The van der Waals surface area contributed by atoms with Crippen molar-refractivity contribution in [2.24, 2.45) is 0 Å². The Morgan fingerprint density at radius 2 is 2.05 bits per heavy atom. The SMILES string of the molecule is Cc1cc(CNC2CCCc3ccccc32)ccc1F. The lowest BCUT2D eigenvalue weighted by Crippen LogP contribution is -2.24. The van der Waals surface area contributed by atoms with E-state index < -0.39 is 0 Å². The smallest absolute Gasteiger partial charge is 0.126 e. The lowest BCUT2D eigenvalue weighted by Gasteiger charge is -2.26. The topological polar surface area (TPSA) is 12.0 Å². The molecule has 2 aromatic carbocycles. The molecule has 1 atom stereocenters. The van der Waals surface area contributed by atoms with Crippen LogP contribution in [0, 0.1) is 12.7 Å². The van der Waals surface area contributed by atoms with Gasteiger partial charge in [0.1, 0.15) is 5.82 Å². The Kier molecular flexibility index (Phi) is 3.83. The highest BCUT2D eigenvalue weighted by Gasteiger charge is 2.18. The van der Waals surface area contributed by atoms with E-state index in [1.165, 1.54) is 30.4 Å². The molecule has 0 aromatic heterocycles. The number of rotatable bonds is 3. The van der Waals surface area contributed by atoms with Crippen LogP contribution in [0.2, 0.25) is 0 Å². The van der Waals surface area contributed by atoms with Gasteiger partial charge in [-0.25, -0.2) is 4.39 Å². The monoisotopic (exact) mass is 269 g/mol. The van der Waals surface area contributed by atoms with E-state index in [0.29, 0.717) is 11.6 Å². The van der Waals surface area contributed by atoms with Gasteiger partial charge in [-0.2, -0.15) is 0 Å². The zero-order valence-corrected chi connectivity index (χ0v) is 11.8. The fourth-order valence-corrected chi connectivity index (χ4v) is 3.02. The van der Waals surface area contributed by atoms with E-state index in [9.17, 15) is 4.39 Å². The first kappa shape index (κ1) is 13.3. The van der Waals surface area contributed by atoms with Crippen LogP contribution < -0.4 is 5.32 Å². The molecule has 1 aliphatic carbocycles. The zero-order valence-electron chi connectivity index (χ0n) is 11.8. The first-order valence-electron chi connectivity index (χ1n) is 7.30. The molecule has 0 aliphatic heterocycles. The Morgan fingerprint density at radius 3 is 2.90 bits per heavy atom. The van der Waals surface area contributed by atoms with E-state index in [0.717, 1.165) is 12.1 Å². The molecule has 0 amide bonds. The van der Waals surface area contributed by atoms with Crippen LogP contribution in [0.4, 0.5) is 4.39 Å². The first-order valence-corrected chi connectivity index (χ1v) is 7.30. The van der Waals surface area contributed by atoms with Gasteiger partial charge in [-0.1, -0.05) is 36.4 Å². The second kappa shape index (κ2) is 5.76. The Hall–Kier alpha value is -1.67. The molecule has 1 aliphatic rings. The standard InChI is InChI=1S/C18H20FN/c1-13-11-14(9-10-17(13)19)12-20-18-8-4-6-15-5-2-3-7-16(15)18/h2-3,5,7,9-11,18,20H,4,6,8,12H2,1H3. The van der Waals surface area contributed by atoms with Crippen molar-refractivity contribution in [3.63, 3.8) is 0 Å². The van der Waals surface area contributed by atoms with Gasteiger partial charge in [-0.15, -0.1) is 0 Å². The molecular formula is C18H20FN. The normalized spacial score (nSPS) is 17.8. The van der Waals surface area contributed by atoms with Gasteiger partial charge in [-0.3, -0.25) is 0 Å². The van der Waals surface area contributed by atoms with Gasteiger partial charge in [0.25, 0.3) is 0 Å². The largest absolute Gasteiger partial charge is 0.306 e. The number of hydrogen-bond acceptors (Lipinski definition) is 1. The predicted molar refractivity (Wildman–Crippen MR) is 80.1 cm³/mol. The molecule has 0 saturated heterocycles. The van der Waals surface area contributed by atoms with Crippen LogP contribution in [0.25, 0.3) is 0 Å². The molecule has 1 nitrogen and oxygen atoms in total. The van der Waals surface area contributed by atoms with Crippen molar-refractivity contribution in [2.45, 2.75) is 38.8 Å². The summed E-state index contributed by atoms with van der Waals surface area (Å²) in [7, 11) is 0. The van der Waals surface area contributed by atoms with E-state index in [1.54, 1.807) is 6.07 Å². The summed E-state index contributed by atoms with van der Waals surface area (Å²) in [5.41, 5.74) is 4.75. The Bertz CT molecular complexity index is 606. The van der Waals surface area contributed by atoms with Crippen molar-refractivity contribution in [2.75, 3.05) is 0 Å². The Morgan fingerprint density at radius 1 is 1.20 bits per heavy atom. The molecule has 0 fully saturated rings. The molecule has 20 heavy (non-hydrogen) atoms. The summed E-state index contributed by atoms with van der Waals surface area (Å²) in [6.45, 7) is 2.61. The lowest BCUT2D eigenvalue weighted by atomic mass is 9.87. The molecule has 1 unspecified atom stereocenters. The van der Waals surface area contributed by atoms with Crippen molar-refractivity contribution < 1.29 is 4.39 Å². The molecule has 0 saturated carbocycles. The van der Waals surface area contributed by atoms with Crippen molar-refractivity contribution >= 4 is 0 Å². The summed E-state index contributed by atoms with van der Waals surface area (Å²) in [6.07, 6.45) is 3.60. The number of fused-ring (bicyclic) bond motifs is 1. The van der Waals surface area contributed by atoms with Gasteiger partial charge in [0.15, 0.2) is 0 Å². The van der Waals surface area contributed by atoms with Crippen LogP contribution in [0.15, 0.2) is 42.5 Å². The molecule has 0 bridgehead atoms. The Balaban J connectivity index is 1.71. The van der Waals surface area contributed by atoms with Crippen molar-refractivity contribution in [1.29, 1.82) is 0 Å². The highest BCUT2D eigenvalue weighted by molar-refractivity contribution is 5.32. The third-order valence-corrected chi connectivity index (χ3v) is 4.14. The zero-order chi connectivity index (χ0) is 13.9. The lowest BCUT2D eigenvalue weighted by molar-refractivity contribution is 0.459. The number of benzene rings is 2. The van der Waals surface area contributed by atoms with Gasteiger partial charge >= 0.3 is 0 Å². The van der Waals surface area contributed by atoms with Gasteiger partial charge < -0.3 is 5.32 Å². The minimum absolute atomic E-state index is 0.128. The average molecular weight is 269 g/mol. The van der Waals surface area contributed by atoms with E-state index in [-0.39, 0.29) is 5.82 Å². The Labute approximate surface area is 119 Å². The van der Waals surface area contributed by atoms with Crippen LogP contribution in [-0.2, 0) is 13.0 Å². The van der Waals surface area contributed by atoms with Crippen LogP contribution in [0.1, 0.15) is 41.1 Å². The molecule has 2 heteroatoms. The maximum atomic E-state index is 13.3. The molecule has 3 rings (SSSR count). The summed E-state index contributed by atoms with van der Waals surface area (Å²) in [5.74, 6) is -0.128. The fraction of sp³-hybridized carbons (Fsp3) is 0.333. The third-order valence-electron chi connectivity index (χ3n) is 4.14. The van der Waals surface area contributed by atoms with Crippen molar-refractivity contribution in [3.05, 3.63) is 70.5 Å². The summed E-state index contributed by atoms with van der Waals surface area (Å²) in [5, 5.41) is 3.62. The first-order chi connectivity index (χ1) is 9.74. The molecule has 104 valence electrons. The molecule has 0 heterocycles. The number of aryl methyl sites for hydroxylation is 2. The number of hydrogen-bond donors (Lipinski definition) is 1. The number of nitrogens with one attached hydrogen (secondary N) is 1. The van der Waals surface area contributed by atoms with Gasteiger partial charge in [0, 0.05) is 12.6 Å². The van der Waals surface area contributed by atoms with Gasteiger partial charge in [0.05, 0.1) is 0 Å². The number of halogens is 1. The average Bonchev–Trinajstić information content (AvgIpc) is 2.48. The fourth-order valence-electron chi connectivity index (χ4n) is 3.02. The van der Waals surface area contributed by atoms with Crippen LogP contribution in [-0.4, -0.2) is 0 Å². The van der Waals surface area contributed by atoms with E-state index in [1.807, 2.05) is 19.1 Å². The minimum atomic E-state index is -0.128. The summed E-state index contributed by atoms with van der Waals surface area (Å²) in [6, 6.07) is 14.5. The molecular weight excluding hydrogens is 249 g/mol. The minimum Gasteiger partial charge on any atom is -0.306 e. The summed E-state index contributed by atoms with van der Waals surface area (Å²) in [4.78, 5) is 0. The third kappa shape index (κ3) is 2.75. The maximum Gasteiger partial charge on any atom is 0.126 e. The quantitative estimate of drug-likeness (QED) is 0.876. The summed E-state index contributed by atoms with van der Waals surface area (Å²) < 4.78 is 13.3. The van der Waals surface area contributed by atoms with Crippen molar-refractivity contribution in [1.82, 2.24) is 5.32 Å². The second-order valence-electron chi connectivity index (χ2n) is 5.61. The van der Waals surface area contributed by atoms with Crippen molar-refractivity contribution in [3.8, 4) is 0 Å². The maximum absolute atomic E-state index is 13.3.